The molecule has 1 saturated carbocycles. The molecule has 3 heteroatoms. The van der Waals surface area contributed by atoms with Gasteiger partial charge in [-0.3, -0.25) is 0 Å². The van der Waals surface area contributed by atoms with E-state index in [1.165, 1.54) is 11.3 Å². The van der Waals surface area contributed by atoms with Crippen LogP contribution >= 0.6 is 0 Å². The fourth-order valence-electron chi connectivity index (χ4n) is 2.40. The Hall–Kier alpha value is -1.22. The smallest absolute Gasteiger partial charge is 0.122 e. The van der Waals surface area contributed by atoms with Gasteiger partial charge in [0.15, 0.2) is 0 Å². The van der Waals surface area contributed by atoms with Crippen molar-refractivity contribution in [3.63, 3.8) is 0 Å². The van der Waals surface area contributed by atoms with Crippen LogP contribution in [-0.4, -0.2) is 26.2 Å². The molecule has 1 aromatic carbocycles. The number of nitrogens with two attached hydrogens (primary N) is 1. The Morgan fingerprint density at radius 2 is 1.95 bits per heavy atom. The molecule has 0 unspecified atom stereocenters. The van der Waals surface area contributed by atoms with Gasteiger partial charge in [-0.05, 0) is 36.5 Å². The van der Waals surface area contributed by atoms with Gasteiger partial charge >= 0.3 is 0 Å². The van der Waals surface area contributed by atoms with Crippen LogP contribution in [0.5, 0.6) is 5.75 Å². The van der Waals surface area contributed by atoms with E-state index in [0.717, 1.165) is 25.1 Å². The number of ether oxygens (including phenoxy) is 1. The quantitative estimate of drug-likeness (QED) is 0.906. The molecule has 0 atom stereocenters. The number of rotatable bonds is 4. The van der Waals surface area contributed by atoms with Crippen molar-refractivity contribution in [3.05, 3.63) is 23.8 Å². The molecule has 0 bridgehead atoms. The van der Waals surface area contributed by atoms with E-state index in [1.807, 2.05) is 0 Å². The SMILES string of the molecule is COc1ccc(N(C)CC2(N)CC2)cc1C(C)(C)C. The van der Waals surface area contributed by atoms with E-state index in [9.17, 15) is 0 Å². The second-order valence-electron chi connectivity index (χ2n) is 6.85. The minimum absolute atomic E-state index is 0.0383. The molecule has 1 fully saturated rings. The van der Waals surface area contributed by atoms with Crippen LogP contribution < -0.4 is 15.4 Å². The third kappa shape index (κ3) is 3.21. The highest BCUT2D eigenvalue weighted by Crippen LogP contribution is 2.37. The van der Waals surface area contributed by atoms with Gasteiger partial charge in [0, 0.05) is 30.4 Å². The third-order valence-corrected chi connectivity index (χ3v) is 3.88. The molecule has 1 aromatic rings. The molecule has 0 amide bonds. The lowest BCUT2D eigenvalue weighted by atomic mass is 9.86. The molecule has 0 spiro atoms. The second kappa shape index (κ2) is 4.71. The van der Waals surface area contributed by atoms with Gasteiger partial charge in [0.1, 0.15) is 5.75 Å². The summed E-state index contributed by atoms with van der Waals surface area (Å²) >= 11 is 0. The average molecular weight is 262 g/mol. The van der Waals surface area contributed by atoms with Gasteiger partial charge in [-0.1, -0.05) is 20.8 Å². The summed E-state index contributed by atoms with van der Waals surface area (Å²) in [6, 6.07) is 6.40. The van der Waals surface area contributed by atoms with Crippen molar-refractivity contribution in [2.24, 2.45) is 5.73 Å². The highest BCUT2D eigenvalue weighted by atomic mass is 16.5. The van der Waals surface area contributed by atoms with Crippen LogP contribution in [0.4, 0.5) is 5.69 Å². The highest BCUT2D eigenvalue weighted by molar-refractivity contribution is 5.55. The summed E-state index contributed by atoms with van der Waals surface area (Å²) in [4.78, 5) is 2.25. The lowest BCUT2D eigenvalue weighted by Gasteiger charge is -2.27. The standard InChI is InChI=1S/C16H26N2O/c1-15(2,3)13-10-12(6-7-14(13)19-5)18(4)11-16(17)8-9-16/h6-7,10H,8-9,11,17H2,1-5H3. The average Bonchev–Trinajstić information content (AvgIpc) is 3.04. The zero-order chi connectivity index (χ0) is 14.3. The molecule has 0 aliphatic heterocycles. The summed E-state index contributed by atoms with van der Waals surface area (Å²) in [5.41, 5.74) is 8.76. The number of benzene rings is 1. The molecule has 0 aromatic heterocycles. The maximum atomic E-state index is 6.20. The van der Waals surface area contributed by atoms with E-state index in [1.54, 1.807) is 7.11 Å². The number of nitrogens with zero attached hydrogens (tertiary/aromatic N) is 1. The summed E-state index contributed by atoms with van der Waals surface area (Å²) in [7, 11) is 3.84. The van der Waals surface area contributed by atoms with Crippen LogP contribution in [0.3, 0.4) is 0 Å². The monoisotopic (exact) mass is 262 g/mol. The zero-order valence-corrected chi connectivity index (χ0v) is 12.8. The topological polar surface area (TPSA) is 38.5 Å². The molecule has 0 heterocycles. The van der Waals surface area contributed by atoms with E-state index in [2.05, 4.69) is 50.9 Å². The summed E-state index contributed by atoms with van der Waals surface area (Å²) in [5.74, 6) is 0.957. The minimum Gasteiger partial charge on any atom is -0.496 e. The molecule has 106 valence electrons. The Balaban J connectivity index is 2.26. The van der Waals surface area contributed by atoms with Crippen molar-refractivity contribution in [2.45, 2.75) is 44.6 Å². The number of hydrogen-bond acceptors (Lipinski definition) is 3. The molecular weight excluding hydrogens is 236 g/mol. The molecule has 2 rings (SSSR count). The van der Waals surface area contributed by atoms with Crippen LogP contribution in [0.1, 0.15) is 39.2 Å². The maximum absolute atomic E-state index is 6.20. The predicted molar refractivity (Wildman–Crippen MR) is 81.1 cm³/mol. The van der Waals surface area contributed by atoms with Gasteiger partial charge in [0.25, 0.3) is 0 Å². The first-order chi connectivity index (χ1) is 8.75. The van der Waals surface area contributed by atoms with Gasteiger partial charge in [-0.2, -0.15) is 0 Å². The predicted octanol–water partition coefficient (Wildman–Crippen LogP) is 2.92. The van der Waals surface area contributed by atoms with Crippen molar-refractivity contribution >= 4 is 5.69 Å². The largest absolute Gasteiger partial charge is 0.496 e. The first-order valence-electron chi connectivity index (χ1n) is 6.94. The first kappa shape index (κ1) is 14.2. The Kier molecular flexibility index (Phi) is 3.52. The van der Waals surface area contributed by atoms with Gasteiger partial charge in [0.2, 0.25) is 0 Å². The van der Waals surface area contributed by atoms with Crippen LogP contribution in [0.2, 0.25) is 0 Å². The lowest BCUT2D eigenvalue weighted by Crippen LogP contribution is -2.37. The summed E-state index contributed by atoms with van der Waals surface area (Å²) in [6.07, 6.45) is 2.28. The van der Waals surface area contributed by atoms with E-state index in [4.69, 9.17) is 10.5 Å². The minimum atomic E-state index is 0.0383. The van der Waals surface area contributed by atoms with E-state index >= 15 is 0 Å². The van der Waals surface area contributed by atoms with Crippen LogP contribution in [0, 0.1) is 0 Å². The van der Waals surface area contributed by atoms with Crippen LogP contribution in [0.15, 0.2) is 18.2 Å². The molecule has 2 N–H and O–H groups in total. The number of likely N-dealkylation sites (N-methyl/N-ethyl adjacent to an activating group) is 1. The zero-order valence-electron chi connectivity index (χ0n) is 12.8. The summed E-state index contributed by atoms with van der Waals surface area (Å²) < 4.78 is 5.48. The van der Waals surface area contributed by atoms with Crippen molar-refractivity contribution < 1.29 is 4.74 Å². The van der Waals surface area contributed by atoms with Crippen molar-refractivity contribution in [2.75, 3.05) is 25.6 Å². The fraction of sp³-hybridized carbons (Fsp3) is 0.625. The van der Waals surface area contributed by atoms with E-state index < -0.39 is 0 Å². The molecule has 1 aliphatic carbocycles. The van der Waals surface area contributed by atoms with Gasteiger partial charge in [0.05, 0.1) is 7.11 Å². The molecular formula is C16H26N2O. The summed E-state index contributed by atoms with van der Waals surface area (Å²) in [6.45, 7) is 7.54. The lowest BCUT2D eigenvalue weighted by molar-refractivity contribution is 0.397. The van der Waals surface area contributed by atoms with Gasteiger partial charge < -0.3 is 15.4 Å². The van der Waals surface area contributed by atoms with Crippen molar-refractivity contribution in [1.29, 1.82) is 0 Å². The van der Waals surface area contributed by atoms with Crippen molar-refractivity contribution in [1.82, 2.24) is 0 Å². The van der Waals surface area contributed by atoms with E-state index in [-0.39, 0.29) is 11.0 Å². The normalized spacial score (nSPS) is 17.2. The maximum Gasteiger partial charge on any atom is 0.122 e. The Morgan fingerprint density at radius 3 is 2.42 bits per heavy atom. The van der Waals surface area contributed by atoms with Crippen LogP contribution in [-0.2, 0) is 5.41 Å². The Morgan fingerprint density at radius 1 is 1.32 bits per heavy atom. The fourth-order valence-corrected chi connectivity index (χ4v) is 2.40. The van der Waals surface area contributed by atoms with Gasteiger partial charge in [-0.25, -0.2) is 0 Å². The molecule has 3 nitrogen and oxygen atoms in total. The first-order valence-corrected chi connectivity index (χ1v) is 6.94. The number of anilines is 1. The summed E-state index contributed by atoms with van der Waals surface area (Å²) in [5, 5.41) is 0. The van der Waals surface area contributed by atoms with Crippen molar-refractivity contribution in [3.8, 4) is 5.75 Å². The second-order valence-corrected chi connectivity index (χ2v) is 6.85. The third-order valence-electron chi connectivity index (χ3n) is 3.88. The molecule has 0 saturated heterocycles. The van der Waals surface area contributed by atoms with Gasteiger partial charge in [-0.15, -0.1) is 0 Å². The van der Waals surface area contributed by atoms with E-state index in [0.29, 0.717) is 0 Å². The number of methoxy groups -OCH3 is 1. The number of hydrogen-bond donors (Lipinski definition) is 1. The van der Waals surface area contributed by atoms with Crippen LogP contribution in [0.25, 0.3) is 0 Å². The molecule has 19 heavy (non-hydrogen) atoms. The molecule has 0 radical (unpaired) electrons. The highest BCUT2D eigenvalue weighted by Gasteiger charge is 2.39. The Bertz CT molecular complexity index is 458. The molecule has 1 aliphatic rings. The Labute approximate surface area is 116 Å².